The van der Waals surface area contributed by atoms with Gasteiger partial charge in [-0.3, -0.25) is 35.1 Å². The topological polar surface area (TPSA) is 150 Å². The number of benzene rings is 2. The van der Waals surface area contributed by atoms with E-state index in [-0.39, 0.29) is 22.3 Å². The molecule has 11 nitrogen and oxygen atoms in total. The predicted octanol–water partition coefficient (Wildman–Crippen LogP) is 2.69. The number of fused-ring (bicyclic) bond motifs is 3. The van der Waals surface area contributed by atoms with E-state index in [0.717, 1.165) is 6.07 Å². The van der Waals surface area contributed by atoms with Crippen molar-refractivity contribution in [1.82, 2.24) is 0 Å². The van der Waals surface area contributed by atoms with Gasteiger partial charge in [0.25, 0.3) is 17.1 Å². The quantitative estimate of drug-likeness (QED) is 0.510. The zero-order valence-electron chi connectivity index (χ0n) is 13.5. The molecule has 26 heavy (non-hydrogen) atoms. The third kappa shape index (κ3) is 2.33. The number of hydrogen-bond acceptors (Lipinski definition) is 8. The molecule has 0 saturated heterocycles. The summed E-state index contributed by atoms with van der Waals surface area (Å²) in [5.41, 5.74) is -2.32. The number of ketones is 1. The maximum atomic E-state index is 12.7. The van der Waals surface area contributed by atoms with Gasteiger partial charge in [0.05, 0.1) is 32.0 Å². The van der Waals surface area contributed by atoms with Gasteiger partial charge in [-0.2, -0.15) is 0 Å². The van der Waals surface area contributed by atoms with Crippen LogP contribution in [-0.4, -0.2) is 34.6 Å². The third-order valence-corrected chi connectivity index (χ3v) is 4.06. The molecule has 0 amide bonds. The molecule has 0 saturated carbocycles. The molecule has 2 aromatic carbocycles. The lowest BCUT2D eigenvalue weighted by molar-refractivity contribution is -0.394. The molecule has 0 heterocycles. The Morgan fingerprint density at radius 3 is 1.73 bits per heavy atom. The van der Waals surface area contributed by atoms with Crippen LogP contribution in [0, 0.1) is 30.3 Å². The summed E-state index contributed by atoms with van der Waals surface area (Å²) in [5, 5.41) is 33.9. The standard InChI is InChI=1S/C15H10N4O7/c1-16(2)7-3-9-13(11(5-7)18(23)24)14-10(15(9)20)4-8(17(21)22)6-12(14)19(25)26/h3-6H,1-2H3. The van der Waals surface area contributed by atoms with Crippen LogP contribution in [0.3, 0.4) is 0 Å². The Morgan fingerprint density at radius 2 is 1.27 bits per heavy atom. The second kappa shape index (κ2) is 5.58. The van der Waals surface area contributed by atoms with Crippen LogP contribution >= 0.6 is 0 Å². The van der Waals surface area contributed by atoms with E-state index >= 15 is 0 Å². The summed E-state index contributed by atoms with van der Waals surface area (Å²) in [7, 11) is 3.23. The van der Waals surface area contributed by atoms with E-state index in [0.29, 0.717) is 11.8 Å². The van der Waals surface area contributed by atoms with E-state index < -0.39 is 37.6 Å². The molecule has 0 spiro atoms. The summed E-state index contributed by atoms with van der Waals surface area (Å²) in [6, 6.07) is 4.18. The van der Waals surface area contributed by atoms with Gasteiger partial charge in [0.1, 0.15) is 0 Å². The molecule has 0 bridgehead atoms. The fourth-order valence-corrected chi connectivity index (χ4v) is 2.90. The van der Waals surface area contributed by atoms with Gasteiger partial charge < -0.3 is 4.90 Å². The lowest BCUT2D eigenvalue weighted by atomic mass is 10.0. The number of rotatable bonds is 4. The lowest BCUT2D eigenvalue weighted by Gasteiger charge is -2.13. The van der Waals surface area contributed by atoms with Crippen molar-refractivity contribution >= 4 is 28.5 Å². The van der Waals surface area contributed by atoms with Crippen LogP contribution < -0.4 is 4.90 Å². The van der Waals surface area contributed by atoms with Crippen LogP contribution in [0.15, 0.2) is 24.3 Å². The SMILES string of the molecule is CN(C)c1cc2c(c([N+](=O)[O-])c1)-c1c(cc([N+](=O)[O-])cc1[N+](=O)[O-])C2=O. The van der Waals surface area contributed by atoms with Crippen molar-refractivity contribution in [2.45, 2.75) is 0 Å². The molecule has 0 fully saturated rings. The summed E-state index contributed by atoms with van der Waals surface area (Å²) in [6.07, 6.45) is 0. The zero-order chi connectivity index (χ0) is 19.3. The maximum Gasteiger partial charge on any atom is 0.285 e. The number of anilines is 1. The van der Waals surface area contributed by atoms with Gasteiger partial charge in [-0.1, -0.05) is 0 Å². The molecular weight excluding hydrogens is 348 g/mol. The van der Waals surface area contributed by atoms with Crippen LogP contribution in [0.5, 0.6) is 0 Å². The molecule has 0 N–H and O–H groups in total. The smallest absolute Gasteiger partial charge is 0.285 e. The van der Waals surface area contributed by atoms with Gasteiger partial charge in [0.2, 0.25) is 0 Å². The van der Waals surface area contributed by atoms with Crippen molar-refractivity contribution in [1.29, 1.82) is 0 Å². The van der Waals surface area contributed by atoms with Crippen LogP contribution in [0.1, 0.15) is 15.9 Å². The minimum atomic E-state index is -0.891. The minimum Gasteiger partial charge on any atom is -0.377 e. The highest BCUT2D eigenvalue weighted by molar-refractivity contribution is 6.25. The Hall–Kier alpha value is -3.89. The number of carbonyl (C=O) groups excluding carboxylic acids is 1. The largest absolute Gasteiger partial charge is 0.377 e. The summed E-state index contributed by atoms with van der Waals surface area (Å²) < 4.78 is 0. The Kier molecular flexibility index (Phi) is 3.64. The highest BCUT2D eigenvalue weighted by Crippen LogP contribution is 2.49. The van der Waals surface area contributed by atoms with E-state index in [4.69, 9.17) is 0 Å². The van der Waals surface area contributed by atoms with E-state index in [1.165, 1.54) is 12.1 Å². The monoisotopic (exact) mass is 358 g/mol. The van der Waals surface area contributed by atoms with Crippen molar-refractivity contribution in [2.24, 2.45) is 0 Å². The summed E-state index contributed by atoms with van der Waals surface area (Å²) in [4.78, 5) is 45.7. The lowest BCUT2D eigenvalue weighted by Crippen LogP contribution is -2.10. The summed E-state index contributed by atoms with van der Waals surface area (Å²) in [5.74, 6) is -0.728. The fraction of sp³-hybridized carbons (Fsp3) is 0.133. The zero-order valence-corrected chi connectivity index (χ0v) is 13.5. The number of hydrogen-bond donors (Lipinski definition) is 0. The van der Waals surface area contributed by atoms with Gasteiger partial charge in [-0.25, -0.2) is 0 Å². The van der Waals surface area contributed by atoms with Crippen molar-refractivity contribution in [3.8, 4) is 11.1 Å². The highest BCUT2D eigenvalue weighted by Gasteiger charge is 2.41. The van der Waals surface area contributed by atoms with Crippen molar-refractivity contribution < 1.29 is 19.6 Å². The van der Waals surface area contributed by atoms with Crippen LogP contribution in [0.2, 0.25) is 0 Å². The van der Waals surface area contributed by atoms with E-state index in [2.05, 4.69) is 0 Å². The normalized spacial score (nSPS) is 11.7. The van der Waals surface area contributed by atoms with Crippen molar-refractivity contribution in [2.75, 3.05) is 19.0 Å². The number of non-ortho nitro benzene ring substituents is 1. The van der Waals surface area contributed by atoms with Gasteiger partial charge in [-0.05, 0) is 6.07 Å². The summed E-state index contributed by atoms with van der Waals surface area (Å²) >= 11 is 0. The average molecular weight is 358 g/mol. The molecule has 0 unspecified atom stereocenters. The number of carbonyl (C=O) groups is 1. The molecule has 1 aliphatic carbocycles. The van der Waals surface area contributed by atoms with Gasteiger partial charge in [-0.15, -0.1) is 0 Å². The van der Waals surface area contributed by atoms with Crippen LogP contribution in [0.25, 0.3) is 11.1 Å². The number of nitrogens with zero attached hydrogens (tertiary/aromatic N) is 4. The highest BCUT2D eigenvalue weighted by atomic mass is 16.6. The first kappa shape index (κ1) is 17.0. The molecule has 3 rings (SSSR count). The van der Waals surface area contributed by atoms with Crippen molar-refractivity contribution in [3.63, 3.8) is 0 Å². The second-order valence-electron chi connectivity index (χ2n) is 5.77. The third-order valence-electron chi connectivity index (χ3n) is 4.06. The first-order valence-corrected chi connectivity index (χ1v) is 7.15. The number of nitro benzene ring substituents is 3. The molecule has 132 valence electrons. The summed E-state index contributed by atoms with van der Waals surface area (Å²) in [6.45, 7) is 0. The van der Waals surface area contributed by atoms with E-state index in [1.807, 2.05) is 0 Å². The molecule has 2 aromatic rings. The predicted molar refractivity (Wildman–Crippen MR) is 89.6 cm³/mol. The van der Waals surface area contributed by atoms with E-state index in [1.54, 1.807) is 19.0 Å². The first-order valence-electron chi connectivity index (χ1n) is 7.15. The molecule has 0 aliphatic heterocycles. The molecular formula is C15H10N4O7. The van der Waals surface area contributed by atoms with Gasteiger partial charge in [0.15, 0.2) is 5.78 Å². The Morgan fingerprint density at radius 1 is 0.769 bits per heavy atom. The Balaban J connectivity index is 2.46. The Labute approximate surface area is 144 Å². The second-order valence-corrected chi connectivity index (χ2v) is 5.77. The van der Waals surface area contributed by atoms with Gasteiger partial charge in [0, 0.05) is 43.0 Å². The molecule has 0 aromatic heterocycles. The van der Waals surface area contributed by atoms with E-state index in [9.17, 15) is 35.1 Å². The fourth-order valence-electron chi connectivity index (χ4n) is 2.90. The van der Waals surface area contributed by atoms with Crippen molar-refractivity contribution in [3.05, 3.63) is 65.7 Å². The number of nitro groups is 3. The van der Waals surface area contributed by atoms with Crippen LogP contribution in [0.4, 0.5) is 22.7 Å². The maximum absolute atomic E-state index is 12.7. The van der Waals surface area contributed by atoms with Gasteiger partial charge >= 0.3 is 0 Å². The van der Waals surface area contributed by atoms with Crippen LogP contribution in [-0.2, 0) is 0 Å². The molecule has 1 aliphatic rings. The molecule has 0 radical (unpaired) electrons. The molecule has 0 atom stereocenters. The minimum absolute atomic E-state index is 0.0958. The Bertz CT molecular complexity index is 1030. The first-order chi connectivity index (χ1) is 12.1. The molecule has 11 heteroatoms. The average Bonchev–Trinajstić information content (AvgIpc) is 2.85.